The number of thiophene rings is 1. The van der Waals surface area contributed by atoms with Crippen molar-refractivity contribution in [2.24, 2.45) is 0 Å². The zero-order chi connectivity index (χ0) is 15.0. The quantitative estimate of drug-likeness (QED) is 0.747. The summed E-state index contributed by atoms with van der Waals surface area (Å²) in [5.74, 6) is 0.542. The van der Waals surface area contributed by atoms with Gasteiger partial charge in [-0.1, -0.05) is 11.6 Å². The molecule has 110 valence electrons. The molecule has 0 aromatic carbocycles. The van der Waals surface area contributed by atoms with Crippen molar-refractivity contribution < 1.29 is 0 Å². The second-order valence-electron chi connectivity index (χ2n) is 4.60. The fourth-order valence-electron chi connectivity index (χ4n) is 1.97. The molecule has 0 atom stereocenters. The van der Waals surface area contributed by atoms with E-state index >= 15 is 0 Å². The van der Waals surface area contributed by atoms with Gasteiger partial charge in [-0.25, -0.2) is 4.98 Å². The van der Waals surface area contributed by atoms with E-state index in [9.17, 15) is 0 Å². The smallest absolute Gasteiger partial charge is 0.149 e. The molecule has 0 radical (unpaired) electrons. The molecule has 0 aliphatic carbocycles. The van der Waals surface area contributed by atoms with Crippen molar-refractivity contribution in [3.63, 3.8) is 0 Å². The van der Waals surface area contributed by atoms with Crippen LogP contribution in [0.3, 0.4) is 0 Å². The van der Waals surface area contributed by atoms with Crippen LogP contribution < -0.4 is 10.6 Å². The Labute approximate surface area is 140 Å². The minimum Gasteiger partial charge on any atom is -0.382 e. The first-order valence-electron chi connectivity index (χ1n) is 6.17. The molecule has 2 N–H and O–H groups in total. The first kappa shape index (κ1) is 14.8. The lowest BCUT2D eigenvalue weighted by atomic mass is 10.3. The fraction of sp³-hybridized carbons (Fsp3) is 0.231. The van der Waals surface area contributed by atoms with Crippen molar-refractivity contribution in [1.29, 1.82) is 0 Å². The number of anilines is 2. The van der Waals surface area contributed by atoms with Gasteiger partial charge in [-0.05, 0) is 30.6 Å². The Morgan fingerprint density at radius 3 is 2.81 bits per heavy atom. The van der Waals surface area contributed by atoms with Crippen LogP contribution in [0.15, 0.2) is 17.5 Å². The fourth-order valence-corrected chi connectivity index (χ4v) is 4.79. The second kappa shape index (κ2) is 5.92. The molecule has 3 aromatic rings. The van der Waals surface area contributed by atoms with Gasteiger partial charge in [-0.15, -0.1) is 22.7 Å². The van der Waals surface area contributed by atoms with Crippen LogP contribution in [0, 0.1) is 6.92 Å². The standard InChI is InChI=1S/C13H13ClN4S3/c1-7-6-19-12(16-7)10-11(15)17-21-13(10)18(2)5-8-3-4-9(14)20-8/h3-4,6H,5H2,1-2H3,(H2,15,17). The monoisotopic (exact) mass is 356 g/mol. The lowest BCUT2D eigenvalue weighted by Gasteiger charge is -2.17. The third-order valence-corrected chi connectivity index (χ3v) is 6.07. The Morgan fingerprint density at radius 1 is 1.38 bits per heavy atom. The highest BCUT2D eigenvalue weighted by Gasteiger charge is 2.20. The van der Waals surface area contributed by atoms with Crippen LogP contribution in [-0.2, 0) is 6.54 Å². The SMILES string of the molecule is Cc1csc(-c2c(N)nsc2N(C)Cc2ccc(Cl)s2)n1. The zero-order valence-corrected chi connectivity index (χ0v) is 14.7. The summed E-state index contributed by atoms with van der Waals surface area (Å²) in [5.41, 5.74) is 7.97. The van der Waals surface area contributed by atoms with Gasteiger partial charge in [-0.2, -0.15) is 4.37 Å². The summed E-state index contributed by atoms with van der Waals surface area (Å²) < 4.78 is 5.10. The predicted molar refractivity (Wildman–Crippen MR) is 93.8 cm³/mol. The molecule has 3 heterocycles. The minimum atomic E-state index is 0.542. The summed E-state index contributed by atoms with van der Waals surface area (Å²) in [4.78, 5) is 7.87. The molecule has 8 heteroatoms. The maximum atomic E-state index is 6.04. The van der Waals surface area contributed by atoms with Crippen molar-refractivity contribution in [2.45, 2.75) is 13.5 Å². The minimum absolute atomic E-state index is 0.542. The number of nitrogens with two attached hydrogens (primary N) is 1. The van der Waals surface area contributed by atoms with E-state index in [1.54, 1.807) is 22.7 Å². The van der Waals surface area contributed by atoms with Gasteiger partial charge in [0.05, 0.1) is 16.4 Å². The third-order valence-electron chi connectivity index (χ3n) is 2.90. The van der Waals surface area contributed by atoms with E-state index in [4.69, 9.17) is 17.3 Å². The lowest BCUT2D eigenvalue weighted by Crippen LogP contribution is -2.15. The van der Waals surface area contributed by atoms with Crippen LogP contribution in [0.1, 0.15) is 10.6 Å². The number of nitrogen functional groups attached to an aromatic ring is 1. The molecule has 0 aliphatic rings. The Kier molecular flexibility index (Phi) is 4.17. The van der Waals surface area contributed by atoms with Crippen molar-refractivity contribution in [2.75, 3.05) is 17.7 Å². The average Bonchev–Trinajstić information content (AvgIpc) is 3.11. The van der Waals surface area contributed by atoms with Crippen molar-refractivity contribution in [3.8, 4) is 10.6 Å². The summed E-state index contributed by atoms with van der Waals surface area (Å²) in [6.07, 6.45) is 0. The van der Waals surface area contributed by atoms with E-state index in [1.807, 2.05) is 31.5 Å². The molecule has 3 rings (SSSR count). The number of hydrogen-bond donors (Lipinski definition) is 1. The first-order chi connectivity index (χ1) is 10.0. The Hall–Kier alpha value is -1.15. The average molecular weight is 357 g/mol. The van der Waals surface area contributed by atoms with Crippen molar-refractivity contribution >= 4 is 56.6 Å². The van der Waals surface area contributed by atoms with E-state index in [0.717, 1.165) is 32.1 Å². The molecule has 0 unspecified atom stereocenters. The van der Waals surface area contributed by atoms with E-state index in [-0.39, 0.29) is 0 Å². The largest absolute Gasteiger partial charge is 0.382 e. The van der Waals surface area contributed by atoms with Crippen LogP contribution in [0.4, 0.5) is 10.8 Å². The van der Waals surface area contributed by atoms with Crippen molar-refractivity contribution in [3.05, 3.63) is 32.4 Å². The maximum absolute atomic E-state index is 6.04. The Morgan fingerprint density at radius 2 is 2.19 bits per heavy atom. The molecule has 0 spiro atoms. The Balaban J connectivity index is 1.92. The number of halogens is 1. The summed E-state index contributed by atoms with van der Waals surface area (Å²) in [7, 11) is 2.03. The topological polar surface area (TPSA) is 55.0 Å². The van der Waals surface area contributed by atoms with Gasteiger partial charge in [0.2, 0.25) is 0 Å². The highest BCUT2D eigenvalue weighted by molar-refractivity contribution is 7.16. The van der Waals surface area contributed by atoms with Crippen LogP contribution in [0.5, 0.6) is 0 Å². The van der Waals surface area contributed by atoms with Gasteiger partial charge in [0.1, 0.15) is 15.8 Å². The van der Waals surface area contributed by atoms with Gasteiger partial charge < -0.3 is 10.6 Å². The highest BCUT2D eigenvalue weighted by Crippen LogP contribution is 2.40. The van der Waals surface area contributed by atoms with Gasteiger partial charge in [-0.3, -0.25) is 0 Å². The second-order valence-corrected chi connectivity index (χ2v) is 8.01. The van der Waals surface area contributed by atoms with E-state index in [0.29, 0.717) is 5.82 Å². The van der Waals surface area contributed by atoms with Gasteiger partial charge >= 0.3 is 0 Å². The zero-order valence-electron chi connectivity index (χ0n) is 11.5. The third kappa shape index (κ3) is 3.06. The summed E-state index contributed by atoms with van der Waals surface area (Å²) >= 11 is 10.6. The number of nitrogens with zero attached hydrogens (tertiary/aromatic N) is 3. The number of aryl methyl sites for hydroxylation is 1. The van der Waals surface area contributed by atoms with Gasteiger partial charge in [0.25, 0.3) is 0 Å². The highest BCUT2D eigenvalue weighted by atomic mass is 35.5. The van der Waals surface area contributed by atoms with Crippen LogP contribution in [0.25, 0.3) is 10.6 Å². The number of hydrogen-bond acceptors (Lipinski definition) is 7. The van der Waals surface area contributed by atoms with Crippen molar-refractivity contribution in [1.82, 2.24) is 9.36 Å². The number of aromatic nitrogens is 2. The molecular formula is C13H13ClN4S3. The first-order valence-corrected chi connectivity index (χ1v) is 9.02. The molecule has 0 aliphatic heterocycles. The van der Waals surface area contributed by atoms with E-state index < -0.39 is 0 Å². The number of rotatable bonds is 4. The lowest BCUT2D eigenvalue weighted by molar-refractivity contribution is 0.954. The predicted octanol–water partition coefficient (Wildman–Crippen LogP) is 4.51. The Bertz CT molecular complexity index is 761. The molecule has 0 saturated carbocycles. The molecule has 0 fully saturated rings. The van der Waals surface area contributed by atoms with Crippen LogP contribution in [0.2, 0.25) is 4.34 Å². The number of thiazole rings is 1. The van der Waals surface area contributed by atoms with Crippen LogP contribution in [-0.4, -0.2) is 16.4 Å². The molecule has 0 bridgehead atoms. The van der Waals surface area contributed by atoms with Gasteiger partial charge in [0, 0.05) is 23.0 Å². The summed E-state index contributed by atoms with van der Waals surface area (Å²) in [6, 6.07) is 3.96. The molecule has 4 nitrogen and oxygen atoms in total. The molecule has 0 amide bonds. The molecule has 3 aromatic heterocycles. The van der Waals surface area contributed by atoms with Gasteiger partial charge in [0.15, 0.2) is 0 Å². The molecule has 21 heavy (non-hydrogen) atoms. The normalized spacial score (nSPS) is 11.0. The van der Waals surface area contributed by atoms with E-state index in [2.05, 4.69) is 14.3 Å². The van der Waals surface area contributed by atoms with E-state index in [1.165, 1.54) is 16.4 Å². The maximum Gasteiger partial charge on any atom is 0.149 e. The van der Waals surface area contributed by atoms with Crippen LogP contribution >= 0.6 is 45.8 Å². The molecular weight excluding hydrogens is 344 g/mol. The summed E-state index contributed by atoms with van der Waals surface area (Å²) in [5, 5.41) is 3.98. The molecule has 0 saturated heterocycles. The summed E-state index contributed by atoms with van der Waals surface area (Å²) in [6.45, 7) is 2.75.